The summed E-state index contributed by atoms with van der Waals surface area (Å²) in [6, 6.07) is 15.2. The number of carbonyl (C=O) groups is 1. The van der Waals surface area contributed by atoms with Gasteiger partial charge in [-0.15, -0.1) is 0 Å². The minimum absolute atomic E-state index is 0.288. The molecule has 0 atom stereocenters. The molecular weight excluding hydrogens is 450 g/mol. The van der Waals surface area contributed by atoms with E-state index in [2.05, 4.69) is 45.4 Å². The number of rotatable bonds is 7. The summed E-state index contributed by atoms with van der Waals surface area (Å²) in [4.78, 5) is 23.1. The quantitative estimate of drug-likeness (QED) is 0.312. The molecule has 0 radical (unpaired) electrons. The van der Waals surface area contributed by atoms with Gasteiger partial charge in [-0.3, -0.25) is 19.6 Å². The first kappa shape index (κ1) is 21.4. The zero-order chi connectivity index (χ0) is 21.7. The molecule has 9 heteroatoms. The second-order valence-electron chi connectivity index (χ2n) is 6.96. The van der Waals surface area contributed by atoms with Crippen molar-refractivity contribution >= 4 is 33.7 Å². The molecule has 0 aliphatic carbocycles. The van der Waals surface area contributed by atoms with Gasteiger partial charge in [0.2, 0.25) is 5.69 Å². The zero-order valence-electron chi connectivity index (χ0n) is 16.4. The molecule has 2 aromatic carbocycles. The van der Waals surface area contributed by atoms with E-state index in [1.165, 1.54) is 22.7 Å². The Morgan fingerprint density at radius 2 is 1.90 bits per heavy atom. The summed E-state index contributed by atoms with van der Waals surface area (Å²) < 4.78 is 2.29. The third-order valence-corrected chi connectivity index (χ3v) is 4.92. The summed E-state index contributed by atoms with van der Waals surface area (Å²) >= 11 is 3.36. The first-order valence-electron chi connectivity index (χ1n) is 9.23. The number of carbonyl (C=O) groups excluding carboxylic acids is 1. The van der Waals surface area contributed by atoms with E-state index in [4.69, 9.17) is 0 Å². The normalized spacial score (nSPS) is 11.2. The summed E-state index contributed by atoms with van der Waals surface area (Å²) in [6.45, 7) is 4.51. The molecule has 8 nitrogen and oxygen atoms in total. The van der Waals surface area contributed by atoms with Crippen molar-refractivity contribution in [1.82, 2.24) is 15.2 Å². The highest BCUT2D eigenvalue weighted by atomic mass is 79.9. The smallest absolute Gasteiger partial charge is 0.265 e. The summed E-state index contributed by atoms with van der Waals surface area (Å²) in [5.41, 5.74) is 4.54. The topological polar surface area (TPSA) is 102 Å². The maximum Gasteiger partial charge on any atom is 0.320 e. The number of hydrogen-bond donors (Lipinski definition) is 1. The second-order valence-corrected chi connectivity index (χ2v) is 7.88. The maximum absolute atomic E-state index is 12.4. The highest BCUT2D eigenvalue weighted by Crippen LogP contribution is 2.18. The fraction of sp³-hybridized carbons (Fsp3) is 0.190. The minimum Gasteiger partial charge on any atom is -0.265 e. The molecule has 0 saturated carbocycles. The van der Waals surface area contributed by atoms with Crippen molar-refractivity contribution in [3.63, 3.8) is 0 Å². The van der Waals surface area contributed by atoms with Crippen molar-refractivity contribution in [2.45, 2.75) is 26.3 Å². The Kier molecular flexibility index (Phi) is 6.73. The monoisotopic (exact) mass is 469 g/mol. The largest absolute Gasteiger partial charge is 0.320 e. The van der Waals surface area contributed by atoms with E-state index in [-0.39, 0.29) is 11.4 Å². The van der Waals surface area contributed by atoms with Crippen molar-refractivity contribution in [3.8, 4) is 0 Å². The van der Waals surface area contributed by atoms with Crippen LogP contribution in [0.5, 0.6) is 0 Å². The van der Waals surface area contributed by atoms with Crippen molar-refractivity contribution in [2.75, 3.05) is 0 Å². The van der Waals surface area contributed by atoms with E-state index in [1.54, 1.807) is 0 Å². The van der Waals surface area contributed by atoms with Crippen LogP contribution in [0.1, 0.15) is 46.9 Å². The number of benzene rings is 2. The Bertz CT molecular complexity index is 1070. The van der Waals surface area contributed by atoms with E-state index < -0.39 is 10.8 Å². The third-order valence-electron chi connectivity index (χ3n) is 4.39. The maximum atomic E-state index is 12.4. The first-order valence-corrected chi connectivity index (χ1v) is 10.0. The fourth-order valence-corrected chi connectivity index (χ4v) is 3.01. The van der Waals surface area contributed by atoms with Crippen LogP contribution in [0, 0.1) is 10.1 Å². The molecule has 0 spiro atoms. The molecule has 0 fully saturated rings. The average molecular weight is 470 g/mol. The van der Waals surface area contributed by atoms with Gasteiger partial charge >= 0.3 is 5.69 Å². The molecule has 154 valence electrons. The Hall–Kier alpha value is -3.33. The minimum atomic E-state index is -0.744. The summed E-state index contributed by atoms with van der Waals surface area (Å²) in [7, 11) is 0. The molecule has 3 rings (SSSR count). The van der Waals surface area contributed by atoms with Crippen LogP contribution in [0.4, 0.5) is 5.69 Å². The highest BCUT2D eigenvalue weighted by molar-refractivity contribution is 9.10. The van der Waals surface area contributed by atoms with Gasteiger partial charge in [-0.2, -0.15) is 10.2 Å². The summed E-state index contributed by atoms with van der Waals surface area (Å²) in [6.07, 6.45) is 2.72. The van der Waals surface area contributed by atoms with Crippen LogP contribution in [-0.2, 0) is 6.54 Å². The molecular formula is C21H20BrN5O3. The van der Waals surface area contributed by atoms with Gasteiger partial charge in [0, 0.05) is 4.47 Å². The SMILES string of the molecule is CC(C)c1ccc(/C=N/NC(=O)c2nn(Cc3ccc(Br)cc3)cc2[N+](=O)[O-])cc1. The molecule has 0 unspecified atom stereocenters. The predicted octanol–water partition coefficient (Wildman–Crippen LogP) is 4.49. The van der Waals surface area contributed by atoms with Gasteiger partial charge in [0.25, 0.3) is 5.91 Å². The summed E-state index contributed by atoms with van der Waals surface area (Å²) in [5.74, 6) is -0.324. The van der Waals surface area contributed by atoms with Gasteiger partial charge in [-0.1, -0.05) is 66.2 Å². The van der Waals surface area contributed by atoms with Gasteiger partial charge in [0.1, 0.15) is 6.20 Å². The number of hydrazone groups is 1. The van der Waals surface area contributed by atoms with E-state index in [1.807, 2.05) is 48.5 Å². The van der Waals surface area contributed by atoms with E-state index in [9.17, 15) is 14.9 Å². The van der Waals surface area contributed by atoms with Crippen LogP contribution in [0.15, 0.2) is 64.3 Å². The van der Waals surface area contributed by atoms with Crippen LogP contribution in [0.25, 0.3) is 0 Å². The molecule has 1 heterocycles. The van der Waals surface area contributed by atoms with Gasteiger partial charge in [-0.05, 0) is 34.7 Å². The standard InChI is InChI=1S/C21H20BrN5O3/c1-14(2)17-7-3-15(4-8-17)11-23-24-21(28)20-19(27(29)30)13-26(25-20)12-16-5-9-18(22)10-6-16/h3-11,13-14H,12H2,1-2H3,(H,24,28)/b23-11+. The molecule has 3 aromatic rings. The van der Waals surface area contributed by atoms with Crippen LogP contribution < -0.4 is 5.43 Å². The van der Waals surface area contributed by atoms with Crippen LogP contribution in [0.2, 0.25) is 0 Å². The molecule has 0 aliphatic heterocycles. The summed E-state index contributed by atoms with van der Waals surface area (Å²) in [5, 5.41) is 19.3. The Morgan fingerprint density at radius 3 is 2.50 bits per heavy atom. The molecule has 0 bridgehead atoms. The van der Waals surface area contributed by atoms with Gasteiger partial charge in [0.05, 0.1) is 17.7 Å². The Balaban J connectivity index is 1.71. The van der Waals surface area contributed by atoms with Gasteiger partial charge < -0.3 is 0 Å². The molecule has 1 aromatic heterocycles. The van der Waals surface area contributed by atoms with Gasteiger partial charge in [-0.25, -0.2) is 5.43 Å². The van der Waals surface area contributed by atoms with Crippen molar-refractivity contribution in [2.24, 2.45) is 5.10 Å². The first-order chi connectivity index (χ1) is 14.3. The lowest BCUT2D eigenvalue weighted by atomic mass is 10.0. The average Bonchev–Trinajstić information content (AvgIpc) is 3.14. The predicted molar refractivity (Wildman–Crippen MR) is 118 cm³/mol. The molecule has 0 saturated heterocycles. The lowest BCUT2D eigenvalue weighted by molar-refractivity contribution is -0.385. The number of amides is 1. The Labute approximate surface area is 181 Å². The molecule has 0 aliphatic rings. The molecule has 1 N–H and O–H groups in total. The number of hydrogen-bond acceptors (Lipinski definition) is 5. The zero-order valence-corrected chi connectivity index (χ0v) is 18.0. The van der Waals surface area contributed by atoms with Crippen molar-refractivity contribution < 1.29 is 9.72 Å². The third kappa shape index (κ3) is 5.38. The number of nitro groups is 1. The van der Waals surface area contributed by atoms with E-state index >= 15 is 0 Å². The number of nitrogens with zero attached hydrogens (tertiary/aromatic N) is 4. The van der Waals surface area contributed by atoms with Crippen molar-refractivity contribution in [1.29, 1.82) is 0 Å². The fourth-order valence-electron chi connectivity index (χ4n) is 2.75. The van der Waals surface area contributed by atoms with Crippen LogP contribution in [0.3, 0.4) is 0 Å². The van der Waals surface area contributed by atoms with E-state index in [0.717, 1.165) is 15.6 Å². The Morgan fingerprint density at radius 1 is 1.23 bits per heavy atom. The number of halogens is 1. The van der Waals surface area contributed by atoms with E-state index in [0.29, 0.717) is 12.5 Å². The lowest BCUT2D eigenvalue weighted by Crippen LogP contribution is -2.19. The second kappa shape index (κ2) is 9.45. The molecule has 1 amide bonds. The lowest BCUT2D eigenvalue weighted by Gasteiger charge is -2.04. The number of nitrogens with one attached hydrogen (secondary N) is 1. The highest BCUT2D eigenvalue weighted by Gasteiger charge is 2.25. The van der Waals surface area contributed by atoms with Crippen LogP contribution >= 0.6 is 15.9 Å². The van der Waals surface area contributed by atoms with Crippen molar-refractivity contribution in [3.05, 3.63) is 91.7 Å². The number of aromatic nitrogens is 2. The van der Waals surface area contributed by atoms with Gasteiger partial charge in [0.15, 0.2) is 0 Å². The van der Waals surface area contributed by atoms with Crippen LogP contribution in [-0.4, -0.2) is 26.8 Å². The molecule has 30 heavy (non-hydrogen) atoms.